The van der Waals surface area contributed by atoms with Crippen molar-refractivity contribution in [1.82, 2.24) is 5.32 Å². The van der Waals surface area contributed by atoms with Gasteiger partial charge in [0, 0.05) is 12.5 Å². The van der Waals surface area contributed by atoms with Gasteiger partial charge in [0.2, 0.25) is 0 Å². The van der Waals surface area contributed by atoms with E-state index in [-0.39, 0.29) is 5.92 Å². The van der Waals surface area contributed by atoms with E-state index < -0.39 is 5.67 Å². The highest BCUT2D eigenvalue weighted by atomic mass is 19.1. The predicted octanol–water partition coefficient (Wildman–Crippen LogP) is 0.283. The summed E-state index contributed by atoms with van der Waals surface area (Å²) >= 11 is 0. The molecular formula is C7H15FN2. The second kappa shape index (κ2) is 2.84. The van der Waals surface area contributed by atoms with Crippen LogP contribution in [0, 0.1) is 5.92 Å². The summed E-state index contributed by atoms with van der Waals surface area (Å²) in [5.41, 5.74) is 4.34. The molecule has 3 heteroatoms. The van der Waals surface area contributed by atoms with Crippen LogP contribution >= 0.6 is 0 Å². The maximum atomic E-state index is 13.6. The molecule has 1 rings (SSSR count). The highest BCUT2D eigenvalue weighted by Gasteiger charge is 2.38. The lowest BCUT2D eigenvalue weighted by Crippen LogP contribution is -2.37. The van der Waals surface area contributed by atoms with Crippen LogP contribution in [0.25, 0.3) is 0 Å². The number of alkyl halides is 1. The van der Waals surface area contributed by atoms with E-state index in [1.807, 2.05) is 6.92 Å². The van der Waals surface area contributed by atoms with E-state index in [1.54, 1.807) is 0 Å². The largest absolute Gasteiger partial charge is 0.330 e. The summed E-state index contributed by atoms with van der Waals surface area (Å²) in [6, 6.07) is 0. The standard InChI is InChI=1S/C7H15FN2/c1-6(4-9)7(8)2-3-10-5-7/h6,10H,2-5,9H2,1H3. The van der Waals surface area contributed by atoms with Gasteiger partial charge in [-0.3, -0.25) is 0 Å². The number of nitrogens with two attached hydrogens (primary N) is 1. The predicted molar refractivity (Wildman–Crippen MR) is 39.5 cm³/mol. The molecule has 0 aromatic carbocycles. The third-order valence-electron chi connectivity index (χ3n) is 2.37. The Hall–Kier alpha value is -0.150. The van der Waals surface area contributed by atoms with E-state index in [2.05, 4.69) is 5.32 Å². The van der Waals surface area contributed by atoms with Crippen molar-refractivity contribution >= 4 is 0 Å². The molecule has 10 heavy (non-hydrogen) atoms. The molecule has 1 aliphatic rings. The summed E-state index contributed by atoms with van der Waals surface area (Å²) in [6.45, 7) is 3.58. The van der Waals surface area contributed by atoms with E-state index in [0.717, 1.165) is 6.54 Å². The Labute approximate surface area is 61.0 Å². The third-order valence-corrected chi connectivity index (χ3v) is 2.37. The Kier molecular flexibility index (Phi) is 2.26. The lowest BCUT2D eigenvalue weighted by atomic mass is 9.90. The van der Waals surface area contributed by atoms with Gasteiger partial charge in [-0.05, 0) is 19.5 Å². The fourth-order valence-electron chi connectivity index (χ4n) is 1.31. The molecule has 0 spiro atoms. The number of nitrogens with one attached hydrogen (secondary N) is 1. The molecule has 2 atom stereocenters. The van der Waals surface area contributed by atoms with E-state index in [4.69, 9.17) is 5.73 Å². The van der Waals surface area contributed by atoms with Crippen LogP contribution in [0.1, 0.15) is 13.3 Å². The normalized spacial score (nSPS) is 36.3. The van der Waals surface area contributed by atoms with Crippen molar-refractivity contribution in [1.29, 1.82) is 0 Å². The molecule has 0 aromatic heterocycles. The van der Waals surface area contributed by atoms with Crippen LogP contribution in [-0.2, 0) is 0 Å². The zero-order valence-electron chi connectivity index (χ0n) is 6.36. The molecule has 0 amide bonds. The topological polar surface area (TPSA) is 38.0 Å². The van der Waals surface area contributed by atoms with Crippen molar-refractivity contribution in [3.8, 4) is 0 Å². The first-order chi connectivity index (χ1) is 4.69. The first kappa shape index (κ1) is 7.95. The van der Waals surface area contributed by atoms with E-state index in [0.29, 0.717) is 19.5 Å². The van der Waals surface area contributed by atoms with Gasteiger partial charge >= 0.3 is 0 Å². The van der Waals surface area contributed by atoms with Gasteiger partial charge in [-0.15, -0.1) is 0 Å². The Morgan fingerprint density at radius 1 is 1.80 bits per heavy atom. The molecule has 3 N–H and O–H groups in total. The zero-order chi connectivity index (χ0) is 7.61. The number of hydrogen-bond donors (Lipinski definition) is 2. The molecule has 1 fully saturated rings. The van der Waals surface area contributed by atoms with Crippen LogP contribution in [0.3, 0.4) is 0 Å². The summed E-state index contributed by atoms with van der Waals surface area (Å²) in [5, 5.41) is 3.00. The Balaban J connectivity index is 2.49. The molecule has 0 saturated carbocycles. The smallest absolute Gasteiger partial charge is 0.128 e. The van der Waals surface area contributed by atoms with Gasteiger partial charge in [-0.1, -0.05) is 6.92 Å². The summed E-state index contributed by atoms with van der Waals surface area (Å²) in [5.74, 6) is -0.0116. The minimum atomic E-state index is -1.03. The minimum Gasteiger partial charge on any atom is -0.330 e. The third kappa shape index (κ3) is 1.30. The molecule has 2 nitrogen and oxygen atoms in total. The monoisotopic (exact) mass is 146 g/mol. The molecule has 0 aliphatic carbocycles. The van der Waals surface area contributed by atoms with Crippen LogP contribution in [0.4, 0.5) is 4.39 Å². The van der Waals surface area contributed by atoms with Gasteiger partial charge in [0.15, 0.2) is 0 Å². The van der Waals surface area contributed by atoms with Crippen LogP contribution < -0.4 is 11.1 Å². The molecule has 60 valence electrons. The van der Waals surface area contributed by atoms with Crippen LogP contribution in [-0.4, -0.2) is 25.3 Å². The van der Waals surface area contributed by atoms with Gasteiger partial charge in [0.05, 0.1) is 0 Å². The molecule has 1 heterocycles. The maximum Gasteiger partial charge on any atom is 0.128 e. The fourth-order valence-corrected chi connectivity index (χ4v) is 1.31. The number of halogens is 1. The van der Waals surface area contributed by atoms with Crippen molar-refractivity contribution < 1.29 is 4.39 Å². The average molecular weight is 146 g/mol. The van der Waals surface area contributed by atoms with E-state index >= 15 is 0 Å². The lowest BCUT2D eigenvalue weighted by molar-refractivity contribution is 0.119. The van der Waals surface area contributed by atoms with E-state index in [1.165, 1.54) is 0 Å². The molecule has 0 aromatic rings. The molecule has 1 aliphatic heterocycles. The number of rotatable bonds is 2. The van der Waals surface area contributed by atoms with Crippen molar-refractivity contribution in [3.05, 3.63) is 0 Å². The van der Waals surface area contributed by atoms with Gasteiger partial charge < -0.3 is 11.1 Å². The van der Waals surface area contributed by atoms with Crippen molar-refractivity contribution in [3.63, 3.8) is 0 Å². The molecule has 2 unspecified atom stereocenters. The fraction of sp³-hybridized carbons (Fsp3) is 1.00. The summed E-state index contributed by atoms with van der Waals surface area (Å²) in [4.78, 5) is 0. The summed E-state index contributed by atoms with van der Waals surface area (Å²) < 4.78 is 13.6. The summed E-state index contributed by atoms with van der Waals surface area (Å²) in [6.07, 6.45) is 0.616. The van der Waals surface area contributed by atoms with Crippen molar-refractivity contribution in [2.75, 3.05) is 19.6 Å². The van der Waals surface area contributed by atoms with Gasteiger partial charge in [0.1, 0.15) is 5.67 Å². The maximum absolute atomic E-state index is 13.6. The highest BCUT2D eigenvalue weighted by molar-refractivity contribution is 4.92. The Morgan fingerprint density at radius 2 is 2.50 bits per heavy atom. The van der Waals surface area contributed by atoms with E-state index in [9.17, 15) is 4.39 Å². The first-order valence-electron chi connectivity index (χ1n) is 3.79. The van der Waals surface area contributed by atoms with Gasteiger partial charge in [-0.2, -0.15) is 0 Å². The average Bonchev–Trinajstić information content (AvgIpc) is 2.36. The second-order valence-electron chi connectivity index (χ2n) is 3.10. The van der Waals surface area contributed by atoms with Crippen LogP contribution in [0.2, 0.25) is 0 Å². The molecule has 1 saturated heterocycles. The zero-order valence-corrected chi connectivity index (χ0v) is 6.36. The van der Waals surface area contributed by atoms with Crippen LogP contribution in [0.15, 0.2) is 0 Å². The minimum absolute atomic E-state index is 0.0116. The first-order valence-corrected chi connectivity index (χ1v) is 3.79. The van der Waals surface area contributed by atoms with Gasteiger partial charge in [0.25, 0.3) is 0 Å². The lowest BCUT2D eigenvalue weighted by Gasteiger charge is -2.24. The number of hydrogen-bond acceptors (Lipinski definition) is 2. The summed E-state index contributed by atoms with van der Waals surface area (Å²) in [7, 11) is 0. The molecule has 0 bridgehead atoms. The molecular weight excluding hydrogens is 131 g/mol. The SMILES string of the molecule is CC(CN)C1(F)CCNC1. The Bertz CT molecular complexity index is 110. The Morgan fingerprint density at radius 3 is 2.90 bits per heavy atom. The molecule has 0 radical (unpaired) electrons. The van der Waals surface area contributed by atoms with Gasteiger partial charge in [-0.25, -0.2) is 4.39 Å². The van der Waals surface area contributed by atoms with Crippen molar-refractivity contribution in [2.24, 2.45) is 11.7 Å². The van der Waals surface area contributed by atoms with Crippen LogP contribution in [0.5, 0.6) is 0 Å². The quantitative estimate of drug-likeness (QED) is 0.587. The second-order valence-corrected chi connectivity index (χ2v) is 3.10. The highest BCUT2D eigenvalue weighted by Crippen LogP contribution is 2.27. The van der Waals surface area contributed by atoms with Crippen molar-refractivity contribution in [2.45, 2.75) is 19.0 Å².